The van der Waals surface area contributed by atoms with E-state index in [1.165, 1.54) is 0 Å². The molecular weight excluding hydrogens is 272 g/mol. The van der Waals surface area contributed by atoms with Gasteiger partial charge in [0.1, 0.15) is 12.4 Å². The van der Waals surface area contributed by atoms with Gasteiger partial charge in [-0.1, -0.05) is 15.9 Å². The van der Waals surface area contributed by atoms with Gasteiger partial charge in [0.05, 0.1) is 18.3 Å². The van der Waals surface area contributed by atoms with Crippen molar-refractivity contribution >= 4 is 22.2 Å². The molecule has 0 aliphatic carbocycles. The van der Waals surface area contributed by atoms with Gasteiger partial charge in [-0.15, -0.1) is 0 Å². The minimum absolute atomic E-state index is 0.194. The molecule has 0 radical (unpaired) electrons. The lowest BCUT2D eigenvalue weighted by atomic mass is 10.2. The fourth-order valence-electron chi connectivity index (χ4n) is 1.18. The molecule has 0 N–H and O–H groups in total. The Labute approximate surface area is 104 Å². The van der Waals surface area contributed by atoms with Gasteiger partial charge < -0.3 is 9.47 Å². The zero-order chi connectivity index (χ0) is 12.0. The maximum absolute atomic E-state index is 10.8. The number of aldehydes is 1. The van der Waals surface area contributed by atoms with Crippen LogP contribution in [-0.2, 0) is 4.74 Å². The summed E-state index contributed by atoms with van der Waals surface area (Å²) in [7, 11) is 0. The van der Waals surface area contributed by atoms with Gasteiger partial charge in [0.15, 0.2) is 6.29 Å². The Morgan fingerprint density at radius 1 is 1.38 bits per heavy atom. The van der Waals surface area contributed by atoms with Crippen LogP contribution in [0.15, 0.2) is 22.7 Å². The molecule has 4 heteroatoms. The van der Waals surface area contributed by atoms with E-state index in [2.05, 4.69) is 15.9 Å². The normalized spacial score (nSPS) is 10.5. The molecule has 1 rings (SSSR count). The van der Waals surface area contributed by atoms with Crippen LogP contribution in [0.4, 0.5) is 0 Å². The third kappa shape index (κ3) is 4.33. The molecule has 3 nitrogen and oxygen atoms in total. The fraction of sp³-hybridized carbons (Fsp3) is 0.417. The van der Waals surface area contributed by atoms with Crippen LogP contribution in [0.25, 0.3) is 0 Å². The second kappa shape index (κ2) is 6.66. The maximum atomic E-state index is 10.8. The Bertz CT molecular complexity index is 350. The predicted octanol–water partition coefficient (Wildman–Crippen LogP) is 3.07. The summed E-state index contributed by atoms with van der Waals surface area (Å²) in [5.74, 6) is 0.588. The van der Waals surface area contributed by atoms with Gasteiger partial charge in [0, 0.05) is 4.47 Å². The largest absolute Gasteiger partial charge is 0.490 e. The summed E-state index contributed by atoms with van der Waals surface area (Å²) in [5, 5.41) is 0. The van der Waals surface area contributed by atoms with Gasteiger partial charge >= 0.3 is 0 Å². The lowest BCUT2D eigenvalue weighted by molar-refractivity contribution is 0.0550. The van der Waals surface area contributed by atoms with Gasteiger partial charge in [-0.05, 0) is 32.0 Å². The molecule has 0 unspecified atom stereocenters. The van der Waals surface area contributed by atoms with Gasteiger partial charge in [0.25, 0.3) is 0 Å². The Balaban J connectivity index is 2.50. The van der Waals surface area contributed by atoms with E-state index < -0.39 is 0 Å². The van der Waals surface area contributed by atoms with Crippen molar-refractivity contribution in [3.8, 4) is 5.75 Å². The van der Waals surface area contributed by atoms with Crippen LogP contribution in [0.3, 0.4) is 0 Å². The van der Waals surface area contributed by atoms with E-state index >= 15 is 0 Å². The minimum Gasteiger partial charge on any atom is -0.490 e. The summed E-state index contributed by atoms with van der Waals surface area (Å²) in [4.78, 5) is 10.8. The van der Waals surface area contributed by atoms with Crippen LogP contribution in [0.5, 0.6) is 5.75 Å². The molecule has 0 amide bonds. The second-order valence-corrected chi connectivity index (χ2v) is 4.48. The van der Waals surface area contributed by atoms with Gasteiger partial charge in [-0.2, -0.15) is 0 Å². The number of halogens is 1. The number of rotatable bonds is 6. The van der Waals surface area contributed by atoms with Crippen molar-refractivity contribution < 1.29 is 14.3 Å². The first-order chi connectivity index (χ1) is 7.63. The average Bonchev–Trinajstić information content (AvgIpc) is 2.25. The van der Waals surface area contributed by atoms with E-state index in [-0.39, 0.29) is 6.10 Å². The molecule has 0 bridgehead atoms. The van der Waals surface area contributed by atoms with E-state index in [0.29, 0.717) is 24.5 Å². The van der Waals surface area contributed by atoms with E-state index in [0.717, 1.165) is 10.8 Å². The smallest absolute Gasteiger partial charge is 0.153 e. The molecule has 0 aliphatic rings. The van der Waals surface area contributed by atoms with Crippen molar-refractivity contribution in [2.45, 2.75) is 20.0 Å². The highest BCUT2D eigenvalue weighted by molar-refractivity contribution is 9.10. The molecule has 1 aromatic rings. The third-order valence-corrected chi connectivity index (χ3v) is 2.38. The third-order valence-electron chi connectivity index (χ3n) is 1.89. The van der Waals surface area contributed by atoms with Crippen LogP contribution in [0.1, 0.15) is 24.2 Å². The number of hydrogen-bond donors (Lipinski definition) is 0. The second-order valence-electron chi connectivity index (χ2n) is 3.57. The zero-order valence-electron chi connectivity index (χ0n) is 9.40. The molecule has 0 aromatic heterocycles. The molecule has 0 aliphatic heterocycles. The monoisotopic (exact) mass is 286 g/mol. The number of hydrogen-bond acceptors (Lipinski definition) is 3. The first-order valence-electron chi connectivity index (χ1n) is 5.12. The first kappa shape index (κ1) is 13.2. The number of carbonyl (C=O) groups excluding carboxylic acids is 1. The molecule has 0 heterocycles. The lowest BCUT2D eigenvalue weighted by Gasteiger charge is -2.10. The molecule has 0 fully saturated rings. The SMILES string of the molecule is CC(C)OCCOc1ccc(Br)cc1C=O. The van der Waals surface area contributed by atoms with Crippen molar-refractivity contribution in [2.24, 2.45) is 0 Å². The molecule has 0 saturated heterocycles. The first-order valence-corrected chi connectivity index (χ1v) is 5.92. The van der Waals surface area contributed by atoms with Crippen molar-refractivity contribution in [3.63, 3.8) is 0 Å². The Morgan fingerprint density at radius 2 is 2.12 bits per heavy atom. The Hall–Kier alpha value is -0.870. The van der Waals surface area contributed by atoms with E-state index in [1.807, 2.05) is 19.9 Å². The van der Waals surface area contributed by atoms with Crippen molar-refractivity contribution in [3.05, 3.63) is 28.2 Å². The summed E-state index contributed by atoms with van der Waals surface area (Å²) >= 11 is 3.30. The predicted molar refractivity (Wildman–Crippen MR) is 66.1 cm³/mol. The highest BCUT2D eigenvalue weighted by Crippen LogP contribution is 2.21. The van der Waals surface area contributed by atoms with Crippen LogP contribution < -0.4 is 4.74 Å². The van der Waals surface area contributed by atoms with Gasteiger partial charge in [-0.25, -0.2) is 0 Å². The summed E-state index contributed by atoms with van der Waals surface area (Å²) < 4.78 is 11.7. The summed E-state index contributed by atoms with van der Waals surface area (Å²) in [6.07, 6.45) is 0.975. The minimum atomic E-state index is 0.194. The van der Waals surface area contributed by atoms with E-state index in [1.54, 1.807) is 12.1 Å². The maximum Gasteiger partial charge on any atom is 0.153 e. The molecular formula is C12H15BrO3. The van der Waals surface area contributed by atoms with Crippen molar-refractivity contribution in [1.29, 1.82) is 0 Å². The Kier molecular flexibility index (Phi) is 5.49. The van der Waals surface area contributed by atoms with Gasteiger partial charge in [-0.3, -0.25) is 4.79 Å². The highest BCUT2D eigenvalue weighted by atomic mass is 79.9. The average molecular weight is 287 g/mol. The molecule has 0 atom stereocenters. The standard InChI is InChI=1S/C12H15BrO3/c1-9(2)15-5-6-16-12-4-3-11(13)7-10(12)8-14/h3-4,7-9H,5-6H2,1-2H3. The van der Waals surface area contributed by atoms with Gasteiger partial charge in [0.2, 0.25) is 0 Å². The quantitative estimate of drug-likeness (QED) is 0.596. The van der Waals surface area contributed by atoms with Crippen LogP contribution >= 0.6 is 15.9 Å². The number of carbonyl (C=O) groups is 1. The van der Waals surface area contributed by atoms with Crippen molar-refractivity contribution in [2.75, 3.05) is 13.2 Å². The molecule has 16 heavy (non-hydrogen) atoms. The summed E-state index contributed by atoms with van der Waals surface area (Å²) in [5.41, 5.74) is 0.541. The Morgan fingerprint density at radius 3 is 2.75 bits per heavy atom. The summed E-state index contributed by atoms with van der Waals surface area (Å²) in [6.45, 7) is 4.90. The number of benzene rings is 1. The molecule has 0 spiro atoms. The van der Waals surface area contributed by atoms with Crippen molar-refractivity contribution in [1.82, 2.24) is 0 Å². The number of ether oxygens (including phenoxy) is 2. The van der Waals surface area contributed by atoms with Crippen LogP contribution in [-0.4, -0.2) is 25.6 Å². The van der Waals surface area contributed by atoms with E-state index in [4.69, 9.17) is 9.47 Å². The van der Waals surface area contributed by atoms with Crippen LogP contribution in [0, 0.1) is 0 Å². The highest BCUT2D eigenvalue weighted by Gasteiger charge is 2.03. The molecule has 0 saturated carbocycles. The molecule has 1 aromatic carbocycles. The lowest BCUT2D eigenvalue weighted by Crippen LogP contribution is -2.11. The summed E-state index contributed by atoms with van der Waals surface area (Å²) in [6, 6.07) is 5.33. The molecule has 88 valence electrons. The fourth-order valence-corrected chi connectivity index (χ4v) is 1.56. The van der Waals surface area contributed by atoms with Crippen LogP contribution in [0.2, 0.25) is 0 Å². The topological polar surface area (TPSA) is 35.5 Å². The van der Waals surface area contributed by atoms with E-state index in [9.17, 15) is 4.79 Å². The zero-order valence-corrected chi connectivity index (χ0v) is 11.0.